The van der Waals surface area contributed by atoms with E-state index in [1.807, 2.05) is 0 Å². The molecule has 0 radical (unpaired) electrons. The molecule has 1 aromatic rings. The van der Waals surface area contributed by atoms with Gasteiger partial charge in [0.2, 0.25) is 0 Å². The summed E-state index contributed by atoms with van der Waals surface area (Å²) in [6.07, 6.45) is 3.90. The van der Waals surface area contributed by atoms with E-state index in [4.69, 9.17) is 4.74 Å². The van der Waals surface area contributed by atoms with Gasteiger partial charge in [0.1, 0.15) is 11.9 Å². The number of ether oxygens (including phenoxy) is 1. The second kappa shape index (κ2) is 6.69. The summed E-state index contributed by atoms with van der Waals surface area (Å²) in [6, 6.07) is 8.79. The number of hydrogen-bond acceptors (Lipinski definition) is 3. The molecule has 1 aliphatic carbocycles. The quantitative estimate of drug-likeness (QED) is 0.895. The molecule has 1 aliphatic rings. The summed E-state index contributed by atoms with van der Waals surface area (Å²) in [4.78, 5) is 2.11. The second-order valence-corrected chi connectivity index (χ2v) is 6.96. The van der Waals surface area contributed by atoms with E-state index in [9.17, 15) is 0 Å². The Balaban J connectivity index is 2.14. The first-order chi connectivity index (χ1) is 9.94. The maximum atomic E-state index is 6.36. The van der Waals surface area contributed by atoms with Crippen molar-refractivity contribution >= 4 is 5.69 Å². The maximum absolute atomic E-state index is 6.36. The number of rotatable bonds is 5. The Bertz CT molecular complexity index is 456. The molecule has 2 unspecified atom stereocenters. The first-order valence-corrected chi connectivity index (χ1v) is 8.11. The van der Waals surface area contributed by atoms with Gasteiger partial charge < -0.3 is 15.0 Å². The first kappa shape index (κ1) is 16.2. The van der Waals surface area contributed by atoms with E-state index in [0.717, 1.165) is 18.7 Å². The Morgan fingerprint density at radius 3 is 2.76 bits per heavy atom. The third-order valence-electron chi connectivity index (χ3n) is 4.57. The fourth-order valence-corrected chi connectivity index (χ4v) is 3.35. The fourth-order valence-electron chi connectivity index (χ4n) is 3.35. The largest absolute Gasteiger partial charge is 0.489 e. The molecule has 3 heteroatoms. The van der Waals surface area contributed by atoms with Crippen LogP contribution in [0.5, 0.6) is 5.75 Å². The van der Waals surface area contributed by atoms with Crippen molar-refractivity contribution in [2.45, 2.75) is 52.2 Å². The van der Waals surface area contributed by atoms with Gasteiger partial charge in [0.25, 0.3) is 0 Å². The van der Waals surface area contributed by atoms with Crippen molar-refractivity contribution in [2.24, 2.45) is 5.41 Å². The molecule has 21 heavy (non-hydrogen) atoms. The zero-order chi connectivity index (χ0) is 15.5. The molecule has 1 saturated carbocycles. The molecule has 0 aliphatic heterocycles. The Morgan fingerprint density at radius 2 is 2.10 bits per heavy atom. The van der Waals surface area contributed by atoms with Crippen LogP contribution in [-0.4, -0.2) is 32.8 Å². The Kier molecular flexibility index (Phi) is 5.15. The Labute approximate surface area is 129 Å². The van der Waals surface area contributed by atoms with Gasteiger partial charge in [0.05, 0.1) is 0 Å². The second-order valence-electron chi connectivity index (χ2n) is 6.96. The average molecular weight is 290 g/mol. The first-order valence-electron chi connectivity index (χ1n) is 8.11. The van der Waals surface area contributed by atoms with Gasteiger partial charge in [-0.15, -0.1) is 0 Å². The molecule has 1 aromatic carbocycles. The summed E-state index contributed by atoms with van der Waals surface area (Å²) in [6.45, 7) is 7.87. The van der Waals surface area contributed by atoms with Gasteiger partial charge in [-0.1, -0.05) is 26.8 Å². The van der Waals surface area contributed by atoms with Gasteiger partial charge in [-0.3, -0.25) is 0 Å². The maximum Gasteiger partial charge on any atom is 0.121 e. The van der Waals surface area contributed by atoms with Crippen molar-refractivity contribution in [1.82, 2.24) is 5.32 Å². The predicted molar refractivity (Wildman–Crippen MR) is 90.3 cm³/mol. The standard InChI is InChI=1S/C18H30N2O/c1-6-19-17-16(11-8-12-18(17,2)3)21-15-10-7-9-14(13-15)20(4)5/h7,9-10,13,16-17,19H,6,8,11-12H2,1-5H3. The molecule has 2 atom stereocenters. The van der Waals surface area contributed by atoms with Crippen molar-refractivity contribution in [3.8, 4) is 5.75 Å². The number of nitrogens with zero attached hydrogens (tertiary/aromatic N) is 1. The van der Waals surface area contributed by atoms with Crippen molar-refractivity contribution < 1.29 is 4.74 Å². The molecule has 0 saturated heterocycles. The van der Waals surface area contributed by atoms with E-state index in [-0.39, 0.29) is 11.5 Å². The molecule has 0 spiro atoms. The normalized spacial score (nSPS) is 24.6. The van der Waals surface area contributed by atoms with E-state index < -0.39 is 0 Å². The molecule has 0 heterocycles. The van der Waals surface area contributed by atoms with Gasteiger partial charge in [-0.05, 0) is 43.4 Å². The highest BCUT2D eigenvalue weighted by Gasteiger charge is 2.39. The molecular weight excluding hydrogens is 260 g/mol. The number of hydrogen-bond donors (Lipinski definition) is 1. The molecule has 0 aromatic heterocycles. The Morgan fingerprint density at radius 1 is 1.33 bits per heavy atom. The van der Waals surface area contributed by atoms with E-state index in [1.165, 1.54) is 18.5 Å². The van der Waals surface area contributed by atoms with E-state index in [2.05, 4.69) is 69.3 Å². The molecule has 1 fully saturated rings. The summed E-state index contributed by atoms with van der Waals surface area (Å²) in [5.74, 6) is 0.979. The van der Waals surface area contributed by atoms with Crippen LogP contribution >= 0.6 is 0 Å². The smallest absolute Gasteiger partial charge is 0.121 e. The molecule has 2 rings (SSSR count). The SMILES string of the molecule is CCNC1C(Oc2cccc(N(C)C)c2)CCCC1(C)C. The molecular formula is C18H30N2O. The van der Waals surface area contributed by atoms with Gasteiger partial charge in [0, 0.05) is 31.9 Å². The van der Waals surface area contributed by atoms with Gasteiger partial charge in [0.15, 0.2) is 0 Å². The summed E-state index contributed by atoms with van der Waals surface area (Å²) in [5, 5.41) is 3.65. The van der Waals surface area contributed by atoms with Crippen LogP contribution in [-0.2, 0) is 0 Å². The lowest BCUT2D eigenvalue weighted by Gasteiger charge is -2.44. The van der Waals surface area contributed by atoms with Crippen LogP contribution in [0.2, 0.25) is 0 Å². The topological polar surface area (TPSA) is 24.5 Å². The lowest BCUT2D eigenvalue weighted by Crippen LogP contribution is -2.54. The predicted octanol–water partition coefficient (Wildman–Crippen LogP) is 3.69. The van der Waals surface area contributed by atoms with Crippen LogP contribution in [0, 0.1) is 5.41 Å². The zero-order valence-electron chi connectivity index (χ0n) is 14.1. The van der Waals surface area contributed by atoms with Gasteiger partial charge in [-0.25, -0.2) is 0 Å². The summed E-state index contributed by atoms with van der Waals surface area (Å²) in [5.41, 5.74) is 1.47. The minimum atomic E-state index is 0.256. The number of benzene rings is 1. The third kappa shape index (κ3) is 3.91. The highest BCUT2D eigenvalue weighted by Crippen LogP contribution is 2.37. The third-order valence-corrected chi connectivity index (χ3v) is 4.57. The summed E-state index contributed by atoms with van der Waals surface area (Å²) < 4.78 is 6.36. The van der Waals surface area contributed by atoms with Crippen LogP contribution < -0.4 is 15.0 Å². The van der Waals surface area contributed by atoms with Crippen LogP contribution in [0.1, 0.15) is 40.0 Å². The van der Waals surface area contributed by atoms with Crippen LogP contribution in [0.15, 0.2) is 24.3 Å². The molecule has 1 N–H and O–H groups in total. The minimum absolute atomic E-state index is 0.256. The van der Waals surface area contributed by atoms with Gasteiger partial charge >= 0.3 is 0 Å². The number of anilines is 1. The van der Waals surface area contributed by atoms with Crippen molar-refractivity contribution in [1.29, 1.82) is 0 Å². The van der Waals surface area contributed by atoms with E-state index >= 15 is 0 Å². The van der Waals surface area contributed by atoms with Gasteiger partial charge in [-0.2, -0.15) is 0 Å². The zero-order valence-corrected chi connectivity index (χ0v) is 14.1. The monoisotopic (exact) mass is 290 g/mol. The lowest BCUT2D eigenvalue weighted by atomic mass is 9.71. The van der Waals surface area contributed by atoms with E-state index in [0.29, 0.717) is 6.04 Å². The molecule has 118 valence electrons. The van der Waals surface area contributed by atoms with Crippen molar-refractivity contribution in [2.75, 3.05) is 25.5 Å². The minimum Gasteiger partial charge on any atom is -0.489 e. The van der Waals surface area contributed by atoms with Crippen molar-refractivity contribution in [3.05, 3.63) is 24.3 Å². The van der Waals surface area contributed by atoms with Crippen LogP contribution in [0.3, 0.4) is 0 Å². The highest BCUT2D eigenvalue weighted by atomic mass is 16.5. The number of likely N-dealkylation sites (N-methyl/N-ethyl adjacent to an activating group) is 1. The molecule has 0 bridgehead atoms. The average Bonchev–Trinajstić information content (AvgIpc) is 2.43. The van der Waals surface area contributed by atoms with Crippen molar-refractivity contribution in [3.63, 3.8) is 0 Å². The van der Waals surface area contributed by atoms with Crippen LogP contribution in [0.4, 0.5) is 5.69 Å². The van der Waals surface area contributed by atoms with Crippen LogP contribution in [0.25, 0.3) is 0 Å². The summed E-state index contributed by atoms with van der Waals surface area (Å²) in [7, 11) is 4.12. The lowest BCUT2D eigenvalue weighted by molar-refractivity contribution is 0.0373. The highest BCUT2D eigenvalue weighted by molar-refractivity contribution is 5.49. The molecule has 3 nitrogen and oxygen atoms in total. The molecule has 0 amide bonds. The summed E-state index contributed by atoms with van der Waals surface area (Å²) >= 11 is 0. The fraction of sp³-hybridized carbons (Fsp3) is 0.667. The Hall–Kier alpha value is -1.22. The number of nitrogens with one attached hydrogen (secondary N) is 1. The van der Waals surface area contributed by atoms with E-state index in [1.54, 1.807) is 0 Å².